The van der Waals surface area contributed by atoms with Crippen LogP contribution in [0, 0.1) is 11.8 Å². The number of unbranched alkanes of at least 4 members (excludes halogenated alkanes) is 1. The van der Waals surface area contributed by atoms with Gasteiger partial charge in [-0.25, -0.2) is 0 Å². The summed E-state index contributed by atoms with van der Waals surface area (Å²) in [7, 11) is 0. The molecule has 0 aromatic rings. The molecule has 1 rings (SSSR count). The number of rotatable bonds is 6. The summed E-state index contributed by atoms with van der Waals surface area (Å²) in [6.45, 7) is 3.37. The van der Waals surface area contributed by atoms with Crippen LogP contribution in [0.3, 0.4) is 0 Å². The van der Waals surface area contributed by atoms with Crippen molar-refractivity contribution in [2.45, 2.75) is 39.0 Å². The van der Waals surface area contributed by atoms with E-state index in [1.165, 1.54) is 12.8 Å². The van der Waals surface area contributed by atoms with Crippen LogP contribution in [0.4, 0.5) is 0 Å². The Morgan fingerprint density at radius 3 is 2.94 bits per heavy atom. The molecule has 0 heterocycles. The van der Waals surface area contributed by atoms with Crippen LogP contribution in [-0.2, 0) is 4.79 Å². The summed E-state index contributed by atoms with van der Waals surface area (Å²) in [5, 5.41) is 6.40. The highest BCUT2D eigenvalue weighted by Gasteiger charge is 2.29. The predicted octanol–water partition coefficient (Wildman–Crippen LogP) is 2.63. The first-order valence-electron chi connectivity index (χ1n) is 6.04. The van der Waals surface area contributed by atoms with E-state index >= 15 is 0 Å². The van der Waals surface area contributed by atoms with E-state index in [1.54, 1.807) is 0 Å². The van der Waals surface area contributed by atoms with Crippen molar-refractivity contribution < 1.29 is 4.79 Å². The van der Waals surface area contributed by atoms with E-state index in [-0.39, 0.29) is 11.8 Å². The Morgan fingerprint density at radius 1 is 1.50 bits per heavy atom. The molecule has 2 atom stereocenters. The fraction of sp³-hybridized carbons (Fsp3) is 0.909. The molecule has 0 bridgehead atoms. The third-order valence-electron chi connectivity index (χ3n) is 3.25. The quantitative estimate of drug-likeness (QED) is 0.320. The van der Waals surface area contributed by atoms with E-state index in [2.05, 4.69) is 22.3 Å². The third kappa shape index (κ3) is 4.11. The van der Waals surface area contributed by atoms with Crippen LogP contribution in [0.25, 0.3) is 10.4 Å². The van der Waals surface area contributed by atoms with Crippen molar-refractivity contribution >= 4 is 5.91 Å². The maximum atomic E-state index is 11.8. The number of nitrogens with zero attached hydrogens (tertiary/aromatic N) is 3. The highest BCUT2D eigenvalue weighted by atomic mass is 16.1. The molecule has 0 aromatic carbocycles. The Morgan fingerprint density at radius 2 is 2.31 bits per heavy atom. The lowest BCUT2D eigenvalue weighted by Crippen LogP contribution is -2.32. The lowest BCUT2D eigenvalue weighted by molar-refractivity contribution is -0.125. The molecule has 0 saturated heterocycles. The predicted molar refractivity (Wildman–Crippen MR) is 62.8 cm³/mol. The van der Waals surface area contributed by atoms with E-state index in [4.69, 9.17) is 5.53 Å². The first-order valence-corrected chi connectivity index (χ1v) is 6.04. The van der Waals surface area contributed by atoms with E-state index in [1.807, 2.05) is 0 Å². The van der Waals surface area contributed by atoms with Crippen molar-refractivity contribution in [3.63, 3.8) is 0 Å². The van der Waals surface area contributed by atoms with Crippen LogP contribution in [0.1, 0.15) is 39.0 Å². The van der Waals surface area contributed by atoms with Gasteiger partial charge in [0.25, 0.3) is 0 Å². The molecule has 1 fully saturated rings. The number of carbonyl (C=O) groups is 1. The number of hydrogen-bond acceptors (Lipinski definition) is 2. The standard InChI is InChI=1S/C11H20N4O/c1-9-5-4-6-10(9)11(16)13-7-2-3-8-14-15-12/h9-10H,2-8H2,1H3,(H,13,16). The fourth-order valence-corrected chi connectivity index (χ4v) is 2.23. The van der Waals surface area contributed by atoms with Crippen LogP contribution in [-0.4, -0.2) is 19.0 Å². The molecule has 0 aromatic heterocycles. The molecule has 0 spiro atoms. The topological polar surface area (TPSA) is 77.9 Å². The molecule has 1 saturated carbocycles. The van der Waals surface area contributed by atoms with E-state index in [0.29, 0.717) is 19.0 Å². The Labute approximate surface area is 96.2 Å². The van der Waals surface area contributed by atoms with Crippen LogP contribution in [0.5, 0.6) is 0 Å². The molecule has 1 aliphatic rings. The van der Waals surface area contributed by atoms with Crippen LogP contribution in [0.15, 0.2) is 5.11 Å². The smallest absolute Gasteiger partial charge is 0.223 e. The SMILES string of the molecule is CC1CCCC1C(=O)NCCCCN=[N+]=[N-]. The minimum absolute atomic E-state index is 0.203. The van der Waals surface area contributed by atoms with Crippen LogP contribution < -0.4 is 5.32 Å². The number of hydrogen-bond donors (Lipinski definition) is 1. The van der Waals surface area contributed by atoms with Gasteiger partial charge in [0.2, 0.25) is 5.91 Å². The van der Waals surface area contributed by atoms with Crippen molar-refractivity contribution in [2.75, 3.05) is 13.1 Å². The summed E-state index contributed by atoms with van der Waals surface area (Å²) in [5.74, 6) is 0.953. The molecule has 16 heavy (non-hydrogen) atoms. The molecule has 1 N–H and O–H groups in total. The minimum Gasteiger partial charge on any atom is -0.356 e. The summed E-state index contributed by atoms with van der Waals surface area (Å²) in [6.07, 6.45) is 5.10. The Balaban J connectivity index is 2.08. The van der Waals surface area contributed by atoms with Gasteiger partial charge in [0.05, 0.1) is 0 Å². The number of carbonyl (C=O) groups excluding carboxylic acids is 1. The average molecular weight is 224 g/mol. The van der Waals surface area contributed by atoms with Crippen LogP contribution in [0.2, 0.25) is 0 Å². The summed E-state index contributed by atoms with van der Waals surface area (Å²) in [5.41, 5.74) is 8.07. The molecule has 90 valence electrons. The van der Waals surface area contributed by atoms with Gasteiger partial charge >= 0.3 is 0 Å². The molecule has 5 heteroatoms. The maximum Gasteiger partial charge on any atom is 0.223 e. The molecule has 0 aliphatic heterocycles. The first-order chi connectivity index (χ1) is 7.75. The van der Waals surface area contributed by atoms with Gasteiger partial charge in [0, 0.05) is 23.9 Å². The highest BCUT2D eigenvalue weighted by Crippen LogP contribution is 2.30. The van der Waals surface area contributed by atoms with Crippen molar-refractivity contribution in [1.82, 2.24) is 5.32 Å². The normalized spacial score (nSPS) is 23.8. The zero-order chi connectivity index (χ0) is 11.8. The Kier molecular flexibility index (Phi) is 5.72. The zero-order valence-corrected chi connectivity index (χ0v) is 9.85. The van der Waals surface area contributed by atoms with Crippen LogP contribution >= 0.6 is 0 Å². The first kappa shape index (κ1) is 12.8. The monoisotopic (exact) mass is 224 g/mol. The van der Waals surface area contributed by atoms with E-state index < -0.39 is 0 Å². The summed E-state index contributed by atoms with van der Waals surface area (Å²) < 4.78 is 0. The van der Waals surface area contributed by atoms with Crippen molar-refractivity contribution in [3.8, 4) is 0 Å². The lowest BCUT2D eigenvalue weighted by atomic mass is 9.97. The van der Waals surface area contributed by atoms with E-state index in [9.17, 15) is 4.79 Å². The van der Waals surface area contributed by atoms with Gasteiger partial charge in [-0.1, -0.05) is 18.5 Å². The Hall–Kier alpha value is -1.22. The van der Waals surface area contributed by atoms with Gasteiger partial charge in [-0.2, -0.15) is 0 Å². The molecule has 5 nitrogen and oxygen atoms in total. The van der Waals surface area contributed by atoms with Crippen molar-refractivity contribution in [3.05, 3.63) is 10.4 Å². The van der Waals surface area contributed by atoms with Gasteiger partial charge in [-0.15, -0.1) is 0 Å². The highest BCUT2D eigenvalue weighted by molar-refractivity contribution is 5.79. The number of amides is 1. The summed E-state index contributed by atoms with van der Waals surface area (Å²) in [4.78, 5) is 14.4. The number of nitrogens with one attached hydrogen (secondary N) is 1. The fourth-order valence-electron chi connectivity index (χ4n) is 2.23. The summed E-state index contributed by atoms with van der Waals surface area (Å²) in [6, 6.07) is 0. The summed E-state index contributed by atoms with van der Waals surface area (Å²) >= 11 is 0. The van der Waals surface area contributed by atoms with Crippen molar-refractivity contribution in [2.24, 2.45) is 17.0 Å². The molecule has 1 amide bonds. The lowest BCUT2D eigenvalue weighted by Gasteiger charge is -2.14. The minimum atomic E-state index is 0.203. The largest absolute Gasteiger partial charge is 0.356 e. The molecule has 1 aliphatic carbocycles. The van der Waals surface area contributed by atoms with Crippen molar-refractivity contribution in [1.29, 1.82) is 0 Å². The molecular formula is C11H20N4O. The number of azide groups is 1. The third-order valence-corrected chi connectivity index (χ3v) is 3.25. The van der Waals surface area contributed by atoms with Gasteiger partial charge in [0.15, 0.2) is 0 Å². The van der Waals surface area contributed by atoms with Gasteiger partial charge in [-0.05, 0) is 37.1 Å². The van der Waals surface area contributed by atoms with Gasteiger partial charge < -0.3 is 5.32 Å². The molecular weight excluding hydrogens is 204 g/mol. The van der Waals surface area contributed by atoms with E-state index in [0.717, 1.165) is 19.3 Å². The van der Waals surface area contributed by atoms with Gasteiger partial charge in [-0.3, -0.25) is 4.79 Å². The maximum absolute atomic E-state index is 11.8. The Bertz CT molecular complexity index is 273. The second-order valence-corrected chi connectivity index (χ2v) is 4.47. The molecule has 0 radical (unpaired) electrons. The van der Waals surface area contributed by atoms with Gasteiger partial charge in [0.1, 0.15) is 0 Å². The second kappa shape index (κ2) is 7.12. The molecule has 2 unspecified atom stereocenters. The second-order valence-electron chi connectivity index (χ2n) is 4.47. The zero-order valence-electron chi connectivity index (χ0n) is 9.85. The average Bonchev–Trinajstić information content (AvgIpc) is 2.69.